The molecule has 0 amide bonds. The van der Waals surface area contributed by atoms with Crippen LogP contribution in [0.3, 0.4) is 0 Å². The molecule has 102 valence electrons. The highest BCUT2D eigenvalue weighted by Gasteiger charge is 2.29. The van der Waals surface area contributed by atoms with Crippen LogP contribution in [0.15, 0.2) is 24.3 Å². The van der Waals surface area contributed by atoms with Crippen LogP contribution in [-0.2, 0) is 6.42 Å². The van der Waals surface area contributed by atoms with E-state index in [1.807, 2.05) is 0 Å². The number of nitrogens with two attached hydrogens (primary N) is 1. The van der Waals surface area contributed by atoms with E-state index in [0.717, 1.165) is 38.0 Å². The van der Waals surface area contributed by atoms with Crippen LogP contribution in [0.1, 0.15) is 44.2 Å². The average molecular weight is 257 g/mol. The number of allylic oxidation sites excluding steroid dienone is 1. The first-order valence-corrected chi connectivity index (χ1v) is 7.26. The lowest BCUT2D eigenvalue weighted by atomic mass is 9.73. The summed E-state index contributed by atoms with van der Waals surface area (Å²) in [6.45, 7) is 5.44. The van der Waals surface area contributed by atoms with E-state index >= 15 is 0 Å². The topological polar surface area (TPSA) is 35.2 Å². The summed E-state index contributed by atoms with van der Waals surface area (Å²) in [7, 11) is 0. The van der Waals surface area contributed by atoms with Crippen LogP contribution >= 0.6 is 0 Å². The molecule has 19 heavy (non-hydrogen) atoms. The first-order chi connectivity index (χ1) is 9.05. The molecule has 1 aromatic rings. The predicted octanol–water partition coefficient (Wildman–Crippen LogP) is 3.54. The van der Waals surface area contributed by atoms with Gasteiger partial charge in [0.05, 0.1) is 6.61 Å². The zero-order valence-corrected chi connectivity index (χ0v) is 11.9. The fraction of sp³-hybridized carbons (Fsp3) is 0.529. The smallest absolute Gasteiger partial charge is 0.129 e. The third-order valence-corrected chi connectivity index (χ3v) is 4.15. The summed E-state index contributed by atoms with van der Waals surface area (Å²) in [6, 6.07) is 6.69. The highest BCUT2D eigenvalue weighted by molar-refractivity contribution is 5.73. The summed E-state index contributed by atoms with van der Waals surface area (Å²) in [4.78, 5) is 0. The van der Waals surface area contributed by atoms with Crippen molar-refractivity contribution >= 4 is 5.57 Å². The predicted molar refractivity (Wildman–Crippen MR) is 79.2 cm³/mol. The van der Waals surface area contributed by atoms with Gasteiger partial charge < -0.3 is 10.5 Å². The molecular weight excluding hydrogens is 234 g/mol. The number of ether oxygens (including phenoxy) is 1. The van der Waals surface area contributed by atoms with Gasteiger partial charge in [0, 0.05) is 11.6 Å². The third kappa shape index (κ3) is 2.55. The summed E-state index contributed by atoms with van der Waals surface area (Å²) in [5.41, 5.74) is 10.5. The molecule has 1 aliphatic carbocycles. The number of hydrogen-bond acceptors (Lipinski definition) is 2. The number of aryl methyl sites for hydroxylation is 1. The van der Waals surface area contributed by atoms with Crippen LogP contribution in [0.2, 0.25) is 0 Å². The van der Waals surface area contributed by atoms with Gasteiger partial charge in [-0.1, -0.05) is 38.1 Å². The first kappa shape index (κ1) is 12.7. The summed E-state index contributed by atoms with van der Waals surface area (Å²) < 4.78 is 5.93. The molecule has 0 aromatic heterocycles. The first-order valence-electron chi connectivity index (χ1n) is 7.26. The van der Waals surface area contributed by atoms with Crippen molar-refractivity contribution in [1.29, 1.82) is 0 Å². The molecule has 2 N–H and O–H groups in total. The van der Waals surface area contributed by atoms with E-state index in [-0.39, 0.29) is 11.5 Å². The standard InChI is InChI=1S/C17H23NO/c1-17(2)10-13(9-14(18)11-17)15-7-3-5-12-6-4-8-19-16(12)15/h3,5,7,9,14H,4,6,8,10-11,18H2,1-2H3. The van der Waals surface area contributed by atoms with Crippen molar-refractivity contribution in [2.24, 2.45) is 11.1 Å². The van der Waals surface area contributed by atoms with Crippen LogP contribution in [0.25, 0.3) is 5.57 Å². The molecule has 0 spiro atoms. The van der Waals surface area contributed by atoms with Gasteiger partial charge >= 0.3 is 0 Å². The van der Waals surface area contributed by atoms with Crippen molar-refractivity contribution in [1.82, 2.24) is 0 Å². The second-order valence-corrected chi connectivity index (χ2v) is 6.65. The molecular formula is C17H23NO. The Bertz CT molecular complexity index is 516. The van der Waals surface area contributed by atoms with Crippen molar-refractivity contribution in [2.75, 3.05) is 6.61 Å². The Labute approximate surface area is 115 Å². The molecule has 0 saturated heterocycles. The monoisotopic (exact) mass is 257 g/mol. The largest absolute Gasteiger partial charge is 0.493 e. The van der Waals surface area contributed by atoms with Gasteiger partial charge in [0.25, 0.3) is 0 Å². The molecule has 0 radical (unpaired) electrons. The second kappa shape index (κ2) is 4.68. The van der Waals surface area contributed by atoms with E-state index in [4.69, 9.17) is 10.5 Å². The summed E-state index contributed by atoms with van der Waals surface area (Å²) in [5, 5.41) is 0. The van der Waals surface area contributed by atoms with Crippen LogP contribution < -0.4 is 10.5 Å². The van der Waals surface area contributed by atoms with E-state index in [1.54, 1.807) is 0 Å². The minimum Gasteiger partial charge on any atom is -0.493 e. The number of hydrogen-bond donors (Lipinski definition) is 1. The maximum Gasteiger partial charge on any atom is 0.129 e. The Morgan fingerprint density at radius 1 is 1.32 bits per heavy atom. The molecule has 1 aliphatic heterocycles. The zero-order valence-electron chi connectivity index (χ0n) is 11.9. The minimum absolute atomic E-state index is 0.165. The maximum atomic E-state index is 6.20. The van der Waals surface area contributed by atoms with E-state index < -0.39 is 0 Å². The quantitative estimate of drug-likeness (QED) is 0.835. The summed E-state index contributed by atoms with van der Waals surface area (Å²) in [5.74, 6) is 1.10. The molecule has 1 heterocycles. The Hall–Kier alpha value is -1.28. The molecule has 3 rings (SSSR count). The molecule has 0 fully saturated rings. The maximum absolute atomic E-state index is 6.20. The lowest BCUT2D eigenvalue weighted by Gasteiger charge is -2.34. The second-order valence-electron chi connectivity index (χ2n) is 6.65. The van der Waals surface area contributed by atoms with Crippen molar-refractivity contribution in [3.05, 3.63) is 35.4 Å². The number of fused-ring (bicyclic) bond motifs is 1. The van der Waals surface area contributed by atoms with Gasteiger partial charge in [-0.3, -0.25) is 0 Å². The van der Waals surface area contributed by atoms with Gasteiger partial charge in [0.2, 0.25) is 0 Å². The molecule has 2 heteroatoms. The van der Waals surface area contributed by atoms with E-state index in [2.05, 4.69) is 38.1 Å². The normalized spacial score (nSPS) is 25.2. The Morgan fingerprint density at radius 3 is 2.95 bits per heavy atom. The Morgan fingerprint density at radius 2 is 2.16 bits per heavy atom. The molecule has 1 unspecified atom stereocenters. The van der Waals surface area contributed by atoms with Gasteiger partial charge in [-0.05, 0) is 42.2 Å². The fourth-order valence-corrected chi connectivity index (χ4v) is 3.43. The van der Waals surface area contributed by atoms with Gasteiger partial charge in [0.1, 0.15) is 5.75 Å². The number of rotatable bonds is 1. The van der Waals surface area contributed by atoms with Gasteiger partial charge in [0.15, 0.2) is 0 Å². The van der Waals surface area contributed by atoms with Gasteiger partial charge in [-0.2, -0.15) is 0 Å². The van der Waals surface area contributed by atoms with Gasteiger partial charge in [-0.15, -0.1) is 0 Å². The number of benzene rings is 1. The Balaban J connectivity index is 2.03. The van der Waals surface area contributed by atoms with Crippen LogP contribution in [0.4, 0.5) is 0 Å². The third-order valence-electron chi connectivity index (χ3n) is 4.15. The lowest BCUT2D eigenvalue weighted by Crippen LogP contribution is -2.30. The minimum atomic E-state index is 0.165. The van der Waals surface area contributed by atoms with E-state index in [1.165, 1.54) is 16.7 Å². The summed E-state index contributed by atoms with van der Waals surface area (Å²) in [6.07, 6.45) is 6.64. The summed E-state index contributed by atoms with van der Waals surface area (Å²) >= 11 is 0. The number of para-hydroxylation sites is 1. The molecule has 1 atom stereocenters. The van der Waals surface area contributed by atoms with Crippen molar-refractivity contribution in [3.8, 4) is 5.75 Å². The molecule has 0 saturated carbocycles. The van der Waals surface area contributed by atoms with Crippen molar-refractivity contribution in [3.63, 3.8) is 0 Å². The van der Waals surface area contributed by atoms with E-state index in [9.17, 15) is 0 Å². The fourth-order valence-electron chi connectivity index (χ4n) is 3.43. The average Bonchev–Trinajstić information content (AvgIpc) is 2.35. The molecule has 2 nitrogen and oxygen atoms in total. The van der Waals surface area contributed by atoms with Gasteiger partial charge in [-0.25, -0.2) is 0 Å². The van der Waals surface area contributed by atoms with Crippen molar-refractivity contribution in [2.45, 2.75) is 45.6 Å². The molecule has 0 bridgehead atoms. The molecule has 1 aromatic carbocycles. The van der Waals surface area contributed by atoms with E-state index in [0.29, 0.717) is 0 Å². The SMILES string of the molecule is CC1(C)CC(c2cccc3c2OCCC3)=CC(N)C1. The zero-order chi connectivity index (χ0) is 13.5. The van der Waals surface area contributed by atoms with Crippen molar-refractivity contribution < 1.29 is 4.74 Å². The van der Waals surface area contributed by atoms with Crippen LogP contribution in [-0.4, -0.2) is 12.6 Å². The van der Waals surface area contributed by atoms with Crippen LogP contribution in [0, 0.1) is 5.41 Å². The lowest BCUT2D eigenvalue weighted by molar-refractivity contribution is 0.285. The van der Waals surface area contributed by atoms with Crippen LogP contribution in [0.5, 0.6) is 5.75 Å². The Kier molecular flexibility index (Phi) is 3.14. The molecule has 2 aliphatic rings. The highest BCUT2D eigenvalue weighted by Crippen LogP contribution is 2.43. The highest BCUT2D eigenvalue weighted by atomic mass is 16.5.